The summed E-state index contributed by atoms with van der Waals surface area (Å²) in [5.74, 6) is 1.37. The minimum absolute atomic E-state index is 0.139. The van der Waals surface area contributed by atoms with Gasteiger partial charge in [-0.2, -0.15) is 0 Å². The van der Waals surface area contributed by atoms with Crippen LogP contribution in [0, 0.1) is 0 Å². The summed E-state index contributed by atoms with van der Waals surface area (Å²) in [5.41, 5.74) is 0.925. The molecule has 0 aliphatic rings. The fraction of sp³-hybridized carbons (Fsp3) is 0.259. The molecule has 3 aromatic rings. The Balaban J connectivity index is 1.87. The number of carbonyl (C=O) groups is 2. The zero-order valence-electron chi connectivity index (χ0n) is 21.4. The number of esters is 1. The number of rotatable bonds is 13. The molecule has 0 spiro atoms. The van der Waals surface area contributed by atoms with Gasteiger partial charge in [-0.1, -0.05) is 42.1 Å². The minimum Gasteiger partial charge on any atom is -0.497 e. The van der Waals surface area contributed by atoms with E-state index >= 15 is 0 Å². The molecule has 0 N–H and O–H groups in total. The summed E-state index contributed by atoms with van der Waals surface area (Å²) in [6.45, 7) is 1.38. The fourth-order valence-electron chi connectivity index (χ4n) is 3.23. The first kappa shape index (κ1) is 28.9. The smallest absolute Gasteiger partial charge is 0.450 e. The molecule has 0 saturated heterocycles. The molecule has 3 aromatic carbocycles. The SMILES string of the molecule is CCOC(=O)CN(CP(=O)(Oc1ccc(OC)cc1)Oc1ccc(OC)cc1)C(=O)SCc1ccccc1. The van der Waals surface area contributed by atoms with Crippen molar-refractivity contribution in [3.8, 4) is 23.0 Å². The Morgan fingerprint density at radius 2 is 1.29 bits per heavy atom. The van der Waals surface area contributed by atoms with Gasteiger partial charge in [-0.25, -0.2) is 4.57 Å². The number of hydrogen-bond donors (Lipinski definition) is 0. The first-order valence-corrected chi connectivity index (χ1v) is 14.4. The average molecular weight is 560 g/mol. The van der Waals surface area contributed by atoms with E-state index in [1.54, 1.807) is 55.5 Å². The molecule has 0 aromatic heterocycles. The van der Waals surface area contributed by atoms with Crippen LogP contribution in [0.4, 0.5) is 4.79 Å². The lowest BCUT2D eigenvalue weighted by Crippen LogP contribution is -2.36. The Bertz CT molecular complexity index is 1170. The molecule has 0 unspecified atom stereocenters. The zero-order valence-corrected chi connectivity index (χ0v) is 23.1. The molecule has 1 amide bonds. The van der Waals surface area contributed by atoms with Crippen molar-refractivity contribution >= 4 is 30.6 Å². The fourth-order valence-corrected chi connectivity index (χ4v) is 5.80. The second kappa shape index (κ2) is 14.4. The predicted octanol–water partition coefficient (Wildman–Crippen LogP) is 6.23. The zero-order chi connectivity index (χ0) is 27.4. The highest BCUT2D eigenvalue weighted by atomic mass is 32.2. The second-order valence-electron chi connectivity index (χ2n) is 7.83. The summed E-state index contributed by atoms with van der Waals surface area (Å²) in [4.78, 5) is 26.7. The van der Waals surface area contributed by atoms with Crippen LogP contribution < -0.4 is 18.5 Å². The lowest BCUT2D eigenvalue weighted by molar-refractivity contribution is -0.143. The molecule has 3 rings (SSSR count). The van der Waals surface area contributed by atoms with Crippen molar-refractivity contribution in [2.45, 2.75) is 12.7 Å². The van der Waals surface area contributed by atoms with Crippen molar-refractivity contribution in [3.63, 3.8) is 0 Å². The van der Waals surface area contributed by atoms with Crippen LogP contribution in [0.2, 0.25) is 0 Å². The van der Waals surface area contributed by atoms with Crippen LogP contribution in [0.25, 0.3) is 0 Å². The maximum absolute atomic E-state index is 14.1. The Hall–Kier alpha value is -3.62. The van der Waals surface area contributed by atoms with E-state index in [9.17, 15) is 14.2 Å². The van der Waals surface area contributed by atoms with Gasteiger partial charge in [-0.05, 0) is 61.0 Å². The molecule has 202 valence electrons. The van der Waals surface area contributed by atoms with Gasteiger partial charge in [0.1, 0.15) is 35.8 Å². The lowest BCUT2D eigenvalue weighted by Gasteiger charge is -2.27. The van der Waals surface area contributed by atoms with E-state index in [1.165, 1.54) is 14.2 Å². The van der Waals surface area contributed by atoms with Gasteiger partial charge in [0, 0.05) is 5.75 Å². The molecular weight excluding hydrogens is 529 g/mol. The van der Waals surface area contributed by atoms with Gasteiger partial charge < -0.3 is 28.2 Å². The third kappa shape index (κ3) is 9.04. The number of amides is 1. The molecule has 0 atom stereocenters. The summed E-state index contributed by atoms with van der Waals surface area (Å²) >= 11 is 0.975. The maximum atomic E-state index is 14.1. The van der Waals surface area contributed by atoms with Gasteiger partial charge in [-0.15, -0.1) is 0 Å². The van der Waals surface area contributed by atoms with Gasteiger partial charge in [0.15, 0.2) is 0 Å². The number of benzene rings is 3. The van der Waals surface area contributed by atoms with Gasteiger partial charge in [0.25, 0.3) is 5.24 Å². The summed E-state index contributed by atoms with van der Waals surface area (Å²) in [7, 11) is -1.03. The van der Waals surface area contributed by atoms with E-state index in [2.05, 4.69) is 0 Å². The van der Waals surface area contributed by atoms with Crippen molar-refractivity contribution in [3.05, 3.63) is 84.4 Å². The van der Waals surface area contributed by atoms with Crippen LogP contribution in [0.1, 0.15) is 12.5 Å². The number of ether oxygens (including phenoxy) is 3. The third-order valence-electron chi connectivity index (χ3n) is 5.04. The number of hydrogen-bond acceptors (Lipinski definition) is 9. The Morgan fingerprint density at radius 3 is 1.76 bits per heavy atom. The molecule has 0 bridgehead atoms. The van der Waals surface area contributed by atoms with Crippen molar-refractivity contribution in [1.82, 2.24) is 4.90 Å². The molecule has 0 aliphatic heterocycles. The van der Waals surface area contributed by atoms with Crippen LogP contribution in [-0.2, 0) is 19.8 Å². The normalized spacial score (nSPS) is 10.8. The first-order chi connectivity index (χ1) is 18.3. The van der Waals surface area contributed by atoms with Crippen LogP contribution in [-0.4, -0.2) is 49.8 Å². The van der Waals surface area contributed by atoms with Gasteiger partial charge in [0.05, 0.1) is 20.8 Å². The summed E-state index contributed by atoms with van der Waals surface area (Å²) in [6.07, 6.45) is -0.496. The van der Waals surface area contributed by atoms with Crippen molar-refractivity contribution < 1.29 is 37.4 Å². The van der Waals surface area contributed by atoms with Crippen LogP contribution in [0.15, 0.2) is 78.9 Å². The van der Waals surface area contributed by atoms with Gasteiger partial charge in [-0.3, -0.25) is 9.59 Å². The number of nitrogens with zero attached hydrogens (tertiary/aromatic N) is 1. The van der Waals surface area contributed by atoms with E-state index in [0.717, 1.165) is 22.2 Å². The van der Waals surface area contributed by atoms with Gasteiger partial charge >= 0.3 is 13.6 Å². The topological polar surface area (TPSA) is 101 Å². The van der Waals surface area contributed by atoms with E-state index < -0.39 is 31.6 Å². The van der Waals surface area contributed by atoms with Crippen LogP contribution in [0.5, 0.6) is 23.0 Å². The van der Waals surface area contributed by atoms with E-state index in [4.69, 9.17) is 23.3 Å². The van der Waals surface area contributed by atoms with Crippen molar-refractivity contribution in [1.29, 1.82) is 0 Å². The van der Waals surface area contributed by atoms with E-state index in [-0.39, 0.29) is 18.1 Å². The average Bonchev–Trinajstić information content (AvgIpc) is 2.93. The summed E-state index contributed by atoms with van der Waals surface area (Å²) in [5, 5.41) is -0.473. The quantitative estimate of drug-likeness (QED) is 0.178. The third-order valence-corrected chi connectivity index (χ3v) is 7.69. The summed E-state index contributed by atoms with van der Waals surface area (Å²) < 4.78 is 41.2. The first-order valence-electron chi connectivity index (χ1n) is 11.7. The summed E-state index contributed by atoms with van der Waals surface area (Å²) in [6, 6.07) is 22.3. The molecule has 11 heteroatoms. The second-order valence-corrected chi connectivity index (χ2v) is 10.6. The molecular formula is C27H30NO8PS. The van der Waals surface area contributed by atoms with E-state index in [1.807, 2.05) is 30.3 Å². The molecule has 38 heavy (non-hydrogen) atoms. The predicted molar refractivity (Wildman–Crippen MR) is 146 cm³/mol. The largest absolute Gasteiger partial charge is 0.497 e. The monoisotopic (exact) mass is 559 g/mol. The maximum Gasteiger partial charge on any atom is 0.450 e. The van der Waals surface area contributed by atoms with E-state index in [0.29, 0.717) is 17.3 Å². The number of thioether (sulfide) groups is 1. The minimum atomic E-state index is -4.09. The molecule has 9 nitrogen and oxygen atoms in total. The number of carbonyl (C=O) groups excluding carboxylic acids is 2. The number of methoxy groups -OCH3 is 2. The Labute approximate surface area is 226 Å². The molecule has 0 aliphatic carbocycles. The lowest BCUT2D eigenvalue weighted by atomic mass is 10.2. The Kier molecular flexibility index (Phi) is 10.9. The van der Waals surface area contributed by atoms with Crippen molar-refractivity contribution in [2.75, 3.05) is 33.7 Å². The van der Waals surface area contributed by atoms with Crippen molar-refractivity contribution in [2.24, 2.45) is 0 Å². The molecule has 0 saturated carbocycles. The molecule has 0 heterocycles. The highest BCUT2D eigenvalue weighted by Gasteiger charge is 2.35. The Morgan fingerprint density at radius 1 is 0.789 bits per heavy atom. The van der Waals surface area contributed by atoms with Crippen LogP contribution in [0.3, 0.4) is 0 Å². The molecule has 0 radical (unpaired) electrons. The van der Waals surface area contributed by atoms with Crippen LogP contribution >= 0.6 is 19.4 Å². The standard InChI is InChI=1S/C27H30NO8PS/c1-4-34-26(29)18-28(27(30)38-19-21-8-6-5-7-9-21)20-37(31,35-24-14-10-22(32-2)11-15-24)36-25-16-12-23(33-3)13-17-25/h5-17H,4,18-20H2,1-3H3. The highest BCUT2D eigenvalue weighted by Crippen LogP contribution is 2.49. The highest BCUT2D eigenvalue weighted by molar-refractivity contribution is 8.12. The molecule has 0 fully saturated rings. The van der Waals surface area contributed by atoms with Gasteiger partial charge in [0.2, 0.25) is 0 Å².